The molecule has 2 N–H and O–H groups in total. The van der Waals surface area contributed by atoms with Crippen LogP contribution in [-0.4, -0.2) is 49.7 Å². The van der Waals surface area contributed by atoms with Gasteiger partial charge in [0, 0.05) is 31.5 Å². The first-order valence-electron chi connectivity index (χ1n) is 11.8. The topological polar surface area (TPSA) is 97.0 Å². The summed E-state index contributed by atoms with van der Waals surface area (Å²) < 4.78 is 10.4. The second-order valence-corrected chi connectivity index (χ2v) is 8.32. The lowest BCUT2D eigenvalue weighted by molar-refractivity contribution is -0.141. The lowest BCUT2D eigenvalue weighted by Crippen LogP contribution is -2.48. The van der Waals surface area contributed by atoms with Gasteiger partial charge in [-0.2, -0.15) is 0 Å². The molecule has 0 radical (unpaired) electrons. The number of nitrogens with one attached hydrogen (secondary N) is 2. The van der Waals surface area contributed by atoms with Gasteiger partial charge in [-0.05, 0) is 43.0 Å². The maximum Gasteiger partial charge on any atom is 0.338 e. The molecule has 35 heavy (non-hydrogen) atoms. The first kappa shape index (κ1) is 26.0. The molecule has 0 spiro atoms. The minimum absolute atomic E-state index is 0.0825. The monoisotopic (exact) mass is 479 g/mol. The van der Waals surface area contributed by atoms with Gasteiger partial charge >= 0.3 is 12.0 Å². The third-order valence-electron chi connectivity index (χ3n) is 5.80. The van der Waals surface area contributed by atoms with E-state index in [2.05, 4.69) is 10.6 Å². The zero-order valence-corrected chi connectivity index (χ0v) is 20.5. The Morgan fingerprint density at radius 3 is 2.43 bits per heavy atom. The molecule has 1 heterocycles. The summed E-state index contributed by atoms with van der Waals surface area (Å²) in [4.78, 5) is 39.6. The molecule has 0 saturated carbocycles. The van der Waals surface area contributed by atoms with Crippen molar-refractivity contribution < 1.29 is 23.9 Å². The van der Waals surface area contributed by atoms with Crippen LogP contribution in [0.2, 0.25) is 0 Å². The highest BCUT2D eigenvalue weighted by molar-refractivity contribution is 5.95. The quantitative estimate of drug-likeness (QED) is 0.372. The van der Waals surface area contributed by atoms with Crippen molar-refractivity contribution in [3.63, 3.8) is 0 Å². The minimum Gasteiger partial charge on any atom is -0.460 e. The number of nitrogens with zero attached hydrogens (tertiary/aromatic N) is 1. The van der Waals surface area contributed by atoms with E-state index in [9.17, 15) is 14.4 Å². The molecule has 3 rings (SSSR count). The molecule has 0 aliphatic carbocycles. The average molecular weight is 480 g/mol. The standard InChI is InChI=1S/C27H33N3O5/c1-4-16-30-19(2)24(26(32)35-18-17-34-3)25(29-27(30)33)21-11-13-22(14-12-21)28-23(31)15-10-20-8-6-5-7-9-20/h5-9,11-14,25H,4,10,15-18H2,1-3H3,(H,28,31)(H,29,33). The maximum absolute atomic E-state index is 13.0. The third-order valence-corrected chi connectivity index (χ3v) is 5.80. The van der Waals surface area contributed by atoms with Crippen LogP contribution in [0.15, 0.2) is 65.9 Å². The summed E-state index contributed by atoms with van der Waals surface area (Å²) in [5.74, 6) is -0.579. The van der Waals surface area contributed by atoms with Crippen LogP contribution in [0.3, 0.4) is 0 Å². The highest BCUT2D eigenvalue weighted by Crippen LogP contribution is 2.32. The van der Waals surface area contributed by atoms with Crippen LogP contribution in [0.1, 0.15) is 43.9 Å². The molecule has 186 valence electrons. The van der Waals surface area contributed by atoms with Crippen LogP contribution < -0.4 is 10.6 Å². The van der Waals surface area contributed by atoms with Gasteiger partial charge in [-0.3, -0.25) is 9.69 Å². The van der Waals surface area contributed by atoms with Crippen molar-refractivity contribution in [2.24, 2.45) is 0 Å². The van der Waals surface area contributed by atoms with Crippen LogP contribution >= 0.6 is 0 Å². The van der Waals surface area contributed by atoms with Gasteiger partial charge in [-0.15, -0.1) is 0 Å². The van der Waals surface area contributed by atoms with Crippen molar-refractivity contribution >= 4 is 23.6 Å². The largest absolute Gasteiger partial charge is 0.460 e. The van der Waals surface area contributed by atoms with E-state index in [-0.39, 0.29) is 25.2 Å². The van der Waals surface area contributed by atoms with Gasteiger partial charge in [0.05, 0.1) is 18.2 Å². The summed E-state index contributed by atoms with van der Waals surface area (Å²) in [7, 11) is 1.53. The summed E-state index contributed by atoms with van der Waals surface area (Å²) in [6, 6.07) is 16.0. The van der Waals surface area contributed by atoms with Crippen molar-refractivity contribution in [1.82, 2.24) is 10.2 Å². The molecule has 2 aromatic rings. The molecule has 0 fully saturated rings. The number of aryl methyl sites for hydroxylation is 1. The molecule has 1 aliphatic heterocycles. The van der Waals surface area contributed by atoms with Gasteiger partial charge in [0.25, 0.3) is 0 Å². The number of anilines is 1. The summed E-state index contributed by atoms with van der Waals surface area (Å²) in [6.45, 7) is 4.62. The summed E-state index contributed by atoms with van der Waals surface area (Å²) >= 11 is 0. The molecule has 8 heteroatoms. The number of methoxy groups -OCH3 is 1. The number of urea groups is 1. The Bertz CT molecular complexity index is 1050. The fourth-order valence-electron chi connectivity index (χ4n) is 3.97. The molecule has 0 aromatic heterocycles. The smallest absolute Gasteiger partial charge is 0.338 e. The molecule has 2 aromatic carbocycles. The third kappa shape index (κ3) is 6.93. The van der Waals surface area contributed by atoms with E-state index in [0.29, 0.717) is 36.3 Å². The number of carbonyl (C=O) groups excluding carboxylic acids is 3. The number of amides is 3. The summed E-state index contributed by atoms with van der Waals surface area (Å²) in [6.07, 6.45) is 1.78. The predicted molar refractivity (Wildman–Crippen MR) is 134 cm³/mol. The van der Waals surface area contributed by atoms with Gasteiger partial charge in [-0.25, -0.2) is 9.59 Å². The Labute approximate surface area is 206 Å². The number of benzene rings is 2. The predicted octanol–water partition coefficient (Wildman–Crippen LogP) is 4.20. The molecule has 1 atom stereocenters. The first-order chi connectivity index (χ1) is 16.9. The zero-order chi connectivity index (χ0) is 25.2. The highest BCUT2D eigenvalue weighted by Gasteiger charge is 2.36. The number of hydrogen-bond acceptors (Lipinski definition) is 5. The highest BCUT2D eigenvalue weighted by atomic mass is 16.6. The molecule has 3 amide bonds. The van der Waals surface area contributed by atoms with Crippen LogP contribution in [0.4, 0.5) is 10.5 Å². The molecule has 0 saturated heterocycles. The van der Waals surface area contributed by atoms with Crippen LogP contribution in [-0.2, 0) is 25.5 Å². The Morgan fingerprint density at radius 1 is 1.06 bits per heavy atom. The van der Waals surface area contributed by atoms with Crippen molar-refractivity contribution in [2.75, 3.05) is 32.2 Å². The second kappa shape index (κ2) is 12.7. The van der Waals surface area contributed by atoms with Gasteiger partial charge in [0.1, 0.15) is 6.61 Å². The average Bonchev–Trinajstić information content (AvgIpc) is 2.86. The van der Waals surface area contributed by atoms with Crippen molar-refractivity contribution in [3.8, 4) is 0 Å². The van der Waals surface area contributed by atoms with Crippen molar-refractivity contribution in [1.29, 1.82) is 0 Å². The van der Waals surface area contributed by atoms with E-state index in [1.165, 1.54) is 7.11 Å². The lowest BCUT2D eigenvalue weighted by Gasteiger charge is -2.35. The number of hydrogen-bond donors (Lipinski definition) is 2. The van der Waals surface area contributed by atoms with E-state index >= 15 is 0 Å². The van der Waals surface area contributed by atoms with Crippen molar-refractivity contribution in [3.05, 3.63) is 77.0 Å². The van der Waals surface area contributed by atoms with E-state index in [4.69, 9.17) is 9.47 Å². The fraction of sp³-hybridized carbons (Fsp3) is 0.370. The van der Waals surface area contributed by atoms with Gasteiger partial charge in [-0.1, -0.05) is 49.4 Å². The summed E-state index contributed by atoms with van der Waals surface area (Å²) in [5.41, 5.74) is 3.42. The van der Waals surface area contributed by atoms with E-state index in [1.54, 1.807) is 36.1 Å². The van der Waals surface area contributed by atoms with Crippen LogP contribution in [0.5, 0.6) is 0 Å². The van der Waals surface area contributed by atoms with E-state index in [1.807, 2.05) is 37.3 Å². The van der Waals surface area contributed by atoms with Crippen LogP contribution in [0.25, 0.3) is 0 Å². The lowest BCUT2D eigenvalue weighted by atomic mass is 9.94. The Hall–Kier alpha value is -3.65. The Morgan fingerprint density at radius 2 is 1.77 bits per heavy atom. The fourth-order valence-corrected chi connectivity index (χ4v) is 3.97. The maximum atomic E-state index is 13.0. The van der Waals surface area contributed by atoms with E-state index < -0.39 is 12.0 Å². The van der Waals surface area contributed by atoms with Gasteiger partial charge < -0.3 is 20.1 Å². The normalized spacial score (nSPS) is 15.6. The molecule has 1 unspecified atom stereocenters. The number of ether oxygens (including phenoxy) is 2. The van der Waals surface area contributed by atoms with E-state index in [0.717, 1.165) is 17.5 Å². The molecular weight excluding hydrogens is 446 g/mol. The second-order valence-electron chi connectivity index (χ2n) is 8.32. The first-order valence-corrected chi connectivity index (χ1v) is 11.8. The van der Waals surface area contributed by atoms with Crippen LogP contribution in [0, 0.1) is 0 Å². The number of carbonyl (C=O) groups is 3. The molecule has 1 aliphatic rings. The SMILES string of the molecule is CCCN1C(=O)NC(c2ccc(NC(=O)CCc3ccccc3)cc2)C(C(=O)OCCOC)=C1C. The summed E-state index contributed by atoms with van der Waals surface area (Å²) in [5, 5.41) is 5.83. The van der Waals surface area contributed by atoms with Gasteiger partial charge in [0.15, 0.2) is 0 Å². The Kier molecular flexibility index (Phi) is 9.43. The number of allylic oxidation sites excluding steroid dienone is 1. The zero-order valence-electron chi connectivity index (χ0n) is 20.5. The molecular formula is C27H33N3O5. The molecule has 8 nitrogen and oxygen atoms in total. The minimum atomic E-state index is -0.659. The number of rotatable bonds is 11. The molecule has 0 bridgehead atoms. The Balaban J connectivity index is 1.74. The van der Waals surface area contributed by atoms with Crippen molar-refractivity contribution in [2.45, 2.75) is 39.2 Å². The van der Waals surface area contributed by atoms with Gasteiger partial charge in [0.2, 0.25) is 5.91 Å². The number of esters is 1.